The van der Waals surface area contributed by atoms with E-state index in [0.717, 1.165) is 43.0 Å². The topological polar surface area (TPSA) is 51.5 Å². The molecular weight excluding hydrogens is 352 g/mol. The number of carbonyl (C=O) groups is 1. The van der Waals surface area contributed by atoms with Crippen molar-refractivity contribution in [2.24, 2.45) is 0 Å². The number of amides is 1. The fourth-order valence-electron chi connectivity index (χ4n) is 2.87. The van der Waals surface area contributed by atoms with Gasteiger partial charge in [-0.2, -0.15) is 0 Å². The summed E-state index contributed by atoms with van der Waals surface area (Å²) in [5.41, 5.74) is 0.539. The number of aryl methyl sites for hydroxylation is 1. The van der Waals surface area contributed by atoms with E-state index in [2.05, 4.69) is 0 Å². The van der Waals surface area contributed by atoms with Crippen molar-refractivity contribution in [3.05, 3.63) is 45.7 Å². The van der Waals surface area contributed by atoms with Crippen LogP contribution in [-0.2, 0) is 16.2 Å². The molecule has 0 spiro atoms. The maximum absolute atomic E-state index is 12.2. The Balaban J connectivity index is 1.82. The minimum absolute atomic E-state index is 0.00512. The predicted molar refractivity (Wildman–Crippen MR) is 105 cm³/mol. The van der Waals surface area contributed by atoms with Crippen LogP contribution in [0.2, 0.25) is 5.02 Å². The van der Waals surface area contributed by atoms with Gasteiger partial charge < -0.3 is 4.57 Å². The third-order valence-corrected chi connectivity index (χ3v) is 4.21. The van der Waals surface area contributed by atoms with Crippen LogP contribution in [0.5, 0.6) is 0 Å². The van der Waals surface area contributed by atoms with E-state index in [-0.39, 0.29) is 11.2 Å². The highest BCUT2D eigenvalue weighted by Crippen LogP contribution is 2.18. The first kappa shape index (κ1) is 20.5. The van der Waals surface area contributed by atoms with Crippen LogP contribution in [0.1, 0.15) is 46.5 Å². The molecule has 1 aromatic carbocycles. The summed E-state index contributed by atoms with van der Waals surface area (Å²) < 4.78 is 1.80. The third kappa shape index (κ3) is 6.15. The van der Waals surface area contributed by atoms with Gasteiger partial charge in [0.05, 0.1) is 11.1 Å². The minimum atomic E-state index is -0.376. The van der Waals surface area contributed by atoms with Gasteiger partial charge in [-0.05, 0) is 63.3 Å². The second-order valence-electron chi connectivity index (χ2n) is 7.39. The number of aromatic nitrogens is 1. The van der Waals surface area contributed by atoms with Gasteiger partial charge in [0.25, 0.3) is 5.56 Å². The van der Waals surface area contributed by atoms with Crippen molar-refractivity contribution in [3.63, 3.8) is 0 Å². The minimum Gasteiger partial charge on any atom is -0.308 e. The number of unbranched alkanes of at least 4 members (excludes halogenated alkanes) is 3. The van der Waals surface area contributed by atoms with Gasteiger partial charge in [0, 0.05) is 24.2 Å². The van der Waals surface area contributed by atoms with Crippen LogP contribution in [0, 0.1) is 0 Å². The van der Waals surface area contributed by atoms with Crippen molar-refractivity contribution in [1.29, 1.82) is 0 Å². The Kier molecular flexibility index (Phi) is 7.23. The zero-order valence-corrected chi connectivity index (χ0v) is 16.5. The van der Waals surface area contributed by atoms with Crippen molar-refractivity contribution >= 4 is 28.9 Å². The molecule has 0 bridgehead atoms. The summed E-state index contributed by atoms with van der Waals surface area (Å²) in [4.78, 5) is 28.7. The second-order valence-corrected chi connectivity index (χ2v) is 7.83. The van der Waals surface area contributed by atoms with Crippen molar-refractivity contribution in [1.82, 2.24) is 9.63 Å². The van der Waals surface area contributed by atoms with Crippen LogP contribution >= 0.6 is 11.6 Å². The normalized spacial score (nSPS) is 11.7. The standard InChI is InChI=1S/C20H27ClN2O3/c1-20(2,3)26-22(15-24)12-6-4-5-7-13-23-18-10-9-17(21)14-16(18)8-11-19(23)25/h8-11,14-15H,4-7,12-13H2,1-3H3. The van der Waals surface area contributed by atoms with Gasteiger partial charge in [-0.15, -0.1) is 0 Å². The Bertz CT molecular complexity index is 796. The Labute approximate surface area is 159 Å². The molecule has 1 heterocycles. The van der Waals surface area contributed by atoms with Crippen LogP contribution in [0.4, 0.5) is 0 Å². The second kappa shape index (κ2) is 9.19. The molecule has 0 N–H and O–H groups in total. The number of benzene rings is 1. The summed E-state index contributed by atoms with van der Waals surface area (Å²) >= 11 is 6.02. The molecule has 0 saturated heterocycles. The first-order chi connectivity index (χ1) is 12.3. The fraction of sp³-hybridized carbons (Fsp3) is 0.500. The summed E-state index contributed by atoms with van der Waals surface area (Å²) in [5.74, 6) is 0. The lowest BCUT2D eigenvalue weighted by Gasteiger charge is -2.26. The van der Waals surface area contributed by atoms with E-state index in [1.54, 1.807) is 10.6 Å². The number of halogens is 1. The zero-order valence-electron chi connectivity index (χ0n) is 15.7. The molecule has 2 aromatic rings. The lowest BCUT2D eigenvalue weighted by Crippen LogP contribution is -2.33. The Hall–Kier alpha value is -1.85. The molecule has 1 amide bonds. The number of fused-ring (bicyclic) bond motifs is 1. The number of carbonyl (C=O) groups excluding carboxylic acids is 1. The summed E-state index contributed by atoms with van der Waals surface area (Å²) in [7, 11) is 0. The summed E-state index contributed by atoms with van der Waals surface area (Å²) in [6, 6.07) is 8.97. The van der Waals surface area contributed by atoms with E-state index < -0.39 is 0 Å². The van der Waals surface area contributed by atoms with E-state index in [0.29, 0.717) is 18.1 Å². The van der Waals surface area contributed by atoms with Gasteiger partial charge in [-0.3, -0.25) is 14.4 Å². The molecule has 0 aliphatic rings. The molecule has 0 unspecified atom stereocenters. The summed E-state index contributed by atoms with van der Waals surface area (Å²) in [6.07, 6.45) is 4.46. The Morgan fingerprint density at radius 3 is 2.54 bits per heavy atom. The number of rotatable bonds is 9. The monoisotopic (exact) mass is 378 g/mol. The first-order valence-electron chi connectivity index (χ1n) is 9.00. The molecule has 0 fully saturated rings. The fourth-order valence-corrected chi connectivity index (χ4v) is 3.05. The van der Waals surface area contributed by atoms with E-state index in [9.17, 15) is 9.59 Å². The molecule has 1 aromatic heterocycles. The number of hydrogen-bond donors (Lipinski definition) is 0. The third-order valence-electron chi connectivity index (χ3n) is 3.97. The van der Waals surface area contributed by atoms with Gasteiger partial charge in [-0.25, -0.2) is 5.06 Å². The van der Waals surface area contributed by atoms with Gasteiger partial charge in [0.15, 0.2) is 0 Å². The average Bonchev–Trinajstić information content (AvgIpc) is 2.57. The maximum Gasteiger partial charge on any atom is 0.251 e. The molecule has 0 atom stereocenters. The summed E-state index contributed by atoms with van der Waals surface area (Å²) in [6.45, 7) is 7.00. The summed E-state index contributed by atoms with van der Waals surface area (Å²) in [5, 5.41) is 3.00. The van der Waals surface area contributed by atoms with E-state index in [4.69, 9.17) is 16.4 Å². The van der Waals surface area contributed by atoms with Crippen molar-refractivity contribution < 1.29 is 9.63 Å². The number of hydrogen-bond acceptors (Lipinski definition) is 3. The van der Waals surface area contributed by atoms with E-state index >= 15 is 0 Å². The van der Waals surface area contributed by atoms with Crippen LogP contribution in [0.25, 0.3) is 10.9 Å². The van der Waals surface area contributed by atoms with E-state index in [1.165, 1.54) is 5.06 Å². The number of nitrogens with zero attached hydrogens (tertiary/aromatic N) is 2. The largest absolute Gasteiger partial charge is 0.308 e. The molecule has 0 aliphatic carbocycles. The van der Waals surface area contributed by atoms with Gasteiger partial charge in [-0.1, -0.05) is 24.4 Å². The maximum atomic E-state index is 12.2. The molecule has 0 radical (unpaired) electrons. The molecule has 26 heavy (non-hydrogen) atoms. The number of pyridine rings is 1. The van der Waals surface area contributed by atoms with Gasteiger partial charge >= 0.3 is 0 Å². The Morgan fingerprint density at radius 2 is 1.85 bits per heavy atom. The van der Waals surface area contributed by atoms with Crippen LogP contribution in [0.3, 0.4) is 0 Å². The van der Waals surface area contributed by atoms with Crippen LogP contribution in [-0.4, -0.2) is 28.2 Å². The number of hydroxylamine groups is 2. The molecule has 6 heteroatoms. The molecule has 0 aliphatic heterocycles. The first-order valence-corrected chi connectivity index (χ1v) is 9.38. The molecule has 2 rings (SSSR count). The highest BCUT2D eigenvalue weighted by atomic mass is 35.5. The molecule has 0 saturated carbocycles. The van der Waals surface area contributed by atoms with E-state index in [1.807, 2.05) is 45.0 Å². The zero-order chi connectivity index (χ0) is 19.2. The smallest absolute Gasteiger partial charge is 0.251 e. The molecule has 142 valence electrons. The van der Waals surface area contributed by atoms with Gasteiger partial charge in [0.1, 0.15) is 0 Å². The SMILES string of the molecule is CC(C)(C)ON(C=O)CCCCCCn1c(=O)ccc2cc(Cl)ccc21. The Morgan fingerprint density at radius 1 is 1.12 bits per heavy atom. The van der Waals surface area contributed by atoms with Crippen LogP contribution in [0.15, 0.2) is 35.1 Å². The molecular formula is C20H27ClN2O3. The quantitative estimate of drug-likeness (QED) is 0.369. The average molecular weight is 379 g/mol. The van der Waals surface area contributed by atoms with Crippen LogP contribution < -0.4 is 5.56 Å². The lowest BCUT2D eigenvalue weighted by molar-refractivity contribution is -0.216. The van der Waals surface area contributed by atoms with Crippen molar-refractivity contribution in [2.45, 2.75) is 58.6 Å². The molecule has 5 nitrogen and oxygen atoms in total. The highest BCUT2D eigenvalue weighted by molar-refractivity contribution is 6.31. The lowest BCUT2D eigenvalue weighted by atomic mass is 10.1. The van der Waals surface area contributed by atoms with Gasteiger partial charge in [0.2, 0.25) is 6.41 Å². The highest BCUT2D eigenvalue weighted by Gasteiger charge is 2.15. The van der Waals surface area contributed by atoms with Crippen molar-refractivity contribution in [2.75, 3.05) is 6.54 Å². The van der Waals surface area contributed by atoms with Crippen molar-refractivity contribution in [3.8, 4) is 0 Å². The predicted octanol–water partition coefficient (Wildman–Crippen LogP) is 4.40.